The number of benzene rings is 1. The molecule has 0 aliphatic heterocycles. The molecule has 0 bridgehead atoms. The molecule has 2 nitrogen and oxygen atoms in total. The van der Waals surface area contributed by atoms with E-state index < -0.39 is 0 Å². The lowest BCUT2D eigenvalue weighted by Crippen LogP contribution is -2.20. The molecule has 0 fully saturated rings. The van der Waals surface area contributed by atoms with Gasteiger partial charge in [-0.15, -0.1) is 25.7 Å². The normalized spacial score (nSPS) is 9.89. The van der Waals surface area contributed by atoms with Gasteiger partial charge in [0.1, 0.15) is 0 Å². The van der Waals surface area contributed by atoms with E-state index in [1.165, 1.54) is 11.1 Å². The van der Waals surface area contributed by atoms with Gasteiger partial charge in [0, 0.05) is 5.92 Å². The number of terminal acetylenes is 2. The lowest BCUT2D eigenvalue weighted by Gasteiger charge is -2.07. The third-order valence-electron chi connectivity index (χ3n) is 2.43. The van der Waals surface area contributed by atoms with Gasteiger partial charge in [-0.2, -0.15) is 0 Å². The van der Waals surface area contributed by atoms with E-state index >= 15 is 0 Å². The molecule has 0 unspecified atom stereocenters. The topological polar surface area (TPSA) is 43.1 Å². The summed E-state index contributed by atoms with van der Waals surface area (Å²) in [5.74, 6) is -0.242. The third-order valence-corrected chi connectivity index (χ3v) is 2.43. The van der Waals surface area contributed by atoms with E-state index in [2.05, 4.69) is 50.8 Å². The van der Waals surface area contributed by atoms with Gasteiger partial charge in [-0.05, 0) is 25.3 Å². The Balaban J connectivity index is 0. The van der Waals surface area contributed by atoms with Crippen LogP contribution in [0.3, 0.4) is 0 Å². The van der Waals surface area contributed by atoms with Crippen LogP contribution in [0, 0.1) is 38.5 Å². The number of amides is 1. The maximum absolute atomic E-state index is 10.8. The highest BCUT2D eigenvalue weighted by Crippen LogP contribution is 2.10. The van der Waals surface area contributed by atoms with Crippen molar-refractivity contribution in [2.45, 2.75) is 26.7 Å². The number of aryl methyl sites for hydroxylation is 2. The summed E-state index contributed by atoms with van der Waals surface area (Å²) in [4.78, 5) is 10.8. The first-order chi connectivity index (χ1) is 8.59. The highest BCUT2D eigenvalue weighted by molar-refractivity contribution is 5.76. The van der Waals surface area contributed by atoms with Gasteiger partial charge in [-0.3, -0.25) is 4.79 Å². The molecule has 0 spiro atoms. The van der Waals surface area contributed by atoms with Crippen LogP contribution in [0.1, 0.15) is 24.5 Å². The number of nitrogens with two attached hydrogens (primary N) is 1. The molecule has 2 heteroatoms. The zero-order valence-corrected chi connectivity index (χ0v) is 11.1. The van der Waals surface area contributed by atoms with Crippen LogP contribution in [-0.2, 0) is 11.2 Å². The van der Waals surface area contributed by atoms with Crippen molar-refractivity contribution >= 4 is 5.91 Å². The lowest BCUT2D eigenvalue weighted by atomic mass is 10.00. The Labute approximate surface area is 111 Å². The quantitative estimate of drug-likeness (QED) is 0.811. The van der Waals surface area contributed by atoms with E-state index in [0.29, 0.717) is 0 Å². The van der Waals surface area contributed by atoms with Crippen molar-refractivity contribution in [1.82, 2.24) is 0 Å². The fourth-order valence-corrected chi connectivity index (χ4v) is 1.39. The molecule has 0 saturated carbocycles. The average Bonchev–Trinajstić information content (AvgIpc) is 2.40. The maximum Gasteiger partial charge on any atom is 0.220 e. The smallest absolute Gasteiger partial charge is 0.220 e. The Morgan fingerprint density at radius 1 is 1.28 bits per heavy atom. The fourth-order valence-electron chi connectivity index (χ4n) is 1.39. The van der Waals surface area contributed by atoms with Gasteiger partial charge in [0.05, 0.1) is 0 Å². The van der Waals surface area contributed by atoms with Gasteiger partial charge in [0.25, 0.3) is 0 Å². The molecule has 1 aromatic rings. The molecule has 1 aromatic carbocycles. The van der Waals surface area contributed by atoms with E-state index in [4.69, 9.17) is 5.73 Å². The van der Waals surface area contributed by atoms with Crippen LogP contribution in [0.5, 0.6) is 0 Å². The van der Waals surface area contributed by atoms with Gasteiger partial charge in [0.2, 0.25) is 5.91 Å². The van der Waals surface area contributed by atoms with Gasteiger partial charge in [-0.1, -0.05) is 36.8 Å². The minimum absolute atomic E-state index is 0.0319. The maximum atomic E-state index is 10.8. The molecule has 1 amide bonds. The number of carbonyl (C=O) groups excluding carboxylic acids is 1. The fraction of sp³-hybridized carbons (Fsp3) is 0.312. The molecular formula is C16H21NO. The van der Waals surface area contributed by atoms with Crippen LogP contribution >= 0.6 is 0 Å². The molecule has 1 atom stereocenters. The molecule has 0 heterocycles. The summed E-state index contributed by atoms with van der Waals surface area (Å²) < 4.78 is 0. The number of primary amides is 1. The number of rotatable bonds is 4. The summed E-state index contributed by atoms with van der Waals surface area (Å²) in [5.41, 5.74) is 7.73. The minimum atomic E-state index is -0.211. The monoisotopic (exact) mass is 243 g/mol. The molecule has 0 aromatic heterocycles. The van der Waals surface area contributed by atoms with E-state index in [0.717, 1.165) is 12.8 Å². The third kappa shape index (κ3) is 8.02. The van der Waals surface area contributed by atoms with Crippen LogP contribution in [0.4, 0.5) is 0 Å². The molecule has 0 saturated heterocycles. The largest absolute Gasteiger partial charge is 0.369 e. The number of hydrogen-bond donors (Lipinski definition) is 1. The molecule has 1 rings (SSSR count). The van der Waals surface area contributed by atoms with Gasteiger partial charge in [-0.25, -0.2) is 0 Å². The number of carbonyl (C=O) groups is 1. The zero-order valence-electron chi connectivity index (χ0n) is 11.1. The van der Waals surface area contributed by atoms with Crippen LogP contribution < -0.4 is 5.73 Å². The molecule has 0 aliphatic rings. The highest BCUT2D eigenvalue weighted by atomic mass is 16.1. The average molecular weight is 243 g/mol. The van der Waals surface area contributed by atoms with E-state index in [9.17, 15) is 4.79 Å². The van der Waals surface area contributed by atoms with Crippen LogP contribution in [0.2, 0.25) is 0 Å². The van der Waals surface area contributed by atoms with Gasteiger partial charge >= 0.3 is 0 Å². The lowest BCUT2D eigenvalue weighted by molar-refractivity contribution is -0.121. The first-order valence-corrected chi connectivity index (χ1v) is 5.61. The molecular weight excluding hydrogens is 222 g/mol. The minimum Gasteiger partial charge on any atom is -0.369 e. The van der Waals surface area contributed by atoms with Crippen molar-refractivity contribution in [3.63, 3.8) is 0 Å². The molecule has 0 aliphatic carbocycles. The second-order valence-corrected chi connectivity index (χ2v) is 3.83. The second-order valence-electron chi connectivity index (χ2n) is 3.83. The van der Waals surface area contributed by atoms with Crippen molar-refractivity contribution < 1.29 is 4.79 Å². The summed E-state index contributed by atoms with van der Waals surface area (Å²) in [5, 5.41) is 0. The Morgan fingerprint density at radius 2 is 1.83 bits per heavy atom. The summed E-state index contributed by atoms with van der Waals surface area (Å²) >= 11 is 0. The van der Waals surface area contributed by atoms with E-state index in [1.54, 1.807) is 0 Å². The van der Waals surface area contributed by atoms with Crippen LogP contribution in [0.15, 0.2) is 24.3 Å². The standard InChI is InChI=1S/C12H17NO.2C2H2/c1-9-4-3-5-11(8-9)7-6-10(2)12(13)14;2*1-2/h3-5,8,10H,6-7H2,1-2H3,(H2,13,14);2*1-2H/t10-;;/m0../s1. The van der Waals surface area contributed by atoms with Crippen LogP contribution in [-0.4, -0.2) is 5.91 Å². The predicted octanol–water partition coefficient (Wildman–Crippen LogP) is 2.55. The molecule has 0 radical (unpaired) electrons. The highest BCUT2D eigenvalue weighted by Gasteiger charge is 2.07. The Bertz CT molecular complexity index is 384. The molecule has 96 valence electrons. The van der Waals surface area contributed by atoms with Gasteiger partial charge < -0.3 is 5.73 Å². The van der Waals surface area contributed by atoms with Crippen molar-refractivity contribution in [2.75, 3.05) is 0 Å². The van der Waals surface area contributed by atoms with Crippen molar-refractivity contribution in [2.24, 2.45) is 11.7 Å². The molecule has 18 heavy (non-hydrogen) atoms. The van der Waals surface area contributed by atoms with Crippen molar-refractivity contribution in [3.05, 3.63) is 35.4 Å². The predicted molar refractivity (Wildman–Crippen MR) is 77.6 cm³/mol. The number of hydrogen-bond acceptors (Lipinski definition) is 1. The summed E-state index contributed by atoms with van der Waals surface area (Å²) in [7, 11) is 0. The second kappa shape index (κ2) is 11.3. The Morgan fingerprint density at radius 3 is 2.28 bits per heavy atom. The van der Waals surface area contributed by atoms with E-state index in [-0.39, 0.29) is 11.8 Å². The van der Waals surface area contributed by atoms with Crippen molar-refractivity contribution in [1.29, 1.82) is 0 Å². The summed E-state index contributed by atoms with van der Waals surface area (Å²) in [6.45, 7) is 3.94. The van der Waals surface area contributed by atoms with Crippen molar-refractivity contribution in [3.8, 4) is 25.7 Å². The zero-order chi connectivity index (χ0) is 14.6. The van der Waals surface area contributed by atoms with E-state index in [1.807, 2.05) is 13.0 Å². The first-order valence-electron chi connectivity index (χ1n) is 5.61. The Hall–Kier alpha value is -2.19. The first kappa shape index (κ1) is 18.2. The van der Waals surface area contributed by atoms with Crippen LogP contribution in [0.25, 0.3) is 0 Å². The molecule has 2 N–H and O–H groups in total. The SMILES string of the molecule is C#C.C#C.Cc1cccc(CC[C@H](C)C(N)=O)c1. The Kier molecular flexibility index (Phi) is 11.4. The summed E-state index contributed by atoms with van der Waals surface area (Å²) in [6.07, 6.45) is 17.8. The van der Waals surface area contributed by atoms with Gasteiger partial charge in [0.15, 0.2) is 0 Å². The summed E-state index contributed by atoms with van der Waals surface area (Å²) in [6, 6.07) is 8.34.